The first-order valence-corrected chi connectivity index (χ1v) is 7.49. The van der Waals surface area contributed by atoms with Crippen molar-refractivity contribution < 1.29 is 9.53 Å². The van der Waals surface area contributed by atoms with Crippen LogP contribution >= 0.6 is 12.2 Å². The molecular weight excluding hydrogens is 294 g/mol. The highest BCUT2D eigenvalue weighted by atomic mass is 32.1. The maximum atomic E-state index is 11.9. The van der Waals surface area contributed by atoms with E-state index in [-0.39, 0.29) is 5.05 Å². The summed E-state index contributed by atoms with van der Waals surface area (Å²) in [6, 6.07) is 18.2. The van der Waals surface area contributed by atoms with Crippen molar-refractivity contribution in [2.24, 2.45) is 0 Å². The van der Waals surface area contributed by atoms with Crippen LogP contribution in [0.4, 0.5) is 5.69 Å². The summed E-state index contributed by atoms with van der Waals surface area (Å²) < 4.78 is 5.04. The molecule has 1 amide bonds. The van der Waals surface area contributed by atoms with Gasteiger partial charge < -0.3 is 10.1 Å². The summed E-state index contributed by atoms with van der Waals surface area (Å²) in [7, 11) is 0. The quantitative estimate of drug-likeness (QED) is 0.567. The van der Waals surface area contributed by atoms with Crippen molar-refractivity contribution in [2.45, 2.75) is 6.92 Å². The zero-order valence-corrected chi connectivity index (χ0v) is 12.9. The fourth-order valence-corrected chi connectivity index (χ4v) is 2.64. The van der Waals surface area contributed by atoms with Crippen LogP contribution in [0, 0.1) is 0 Å². The first kappa shape index (κ1) is 14.5. The van der Waals surface area contributed by atoms with E-state index in [0.29, 0.717) is 12.3 Å². The monoisotopic (exact) mass is 309 g/mol. The summed E-state index contributed by atoms with van der Waals surface area (Å²) in [5.41, 5.74) is 0.704. The molecule has 3 aromatic carbocycles. The number of fused-ring (bicyclic) bond motifs is 3. The molecule has 3 aromatic rings. The number of ether oxygens (including phenoxy) is 1. The molecule has 4 heteroatoms. The molecule has 22 heavy (non-hydrogen) atoms. The Morgan fingerprint density at radius 3 is 2.59 bits per heavy atom. The fraction of sp³-hybridized carbons (Fsp3) is 0.111. The van der Waals surface area contributed by atoms with Gasteiger partial charge in [-0.15, -0.1) is 0 Å². The minimum Gasteiger partial charge on any atom is -0.480 e. The molecule has 0 saturated heterocycles. The molecule has 0 aliphatic rings. The summed E-state index contributed by atoms with van der Waals surface area (Å²) in [6.45, 7) is 2.18. The number of rotatable bonds is 2. The van der Waals surface area contributed by atoms with Gasteiger partial charge in [0.05, 0.1) is 6.61 Å². The number of hydrogen-bond donors (Lipinski definition) is 1. The van der Waals surface area contributed by atoms with Crippen molar-refractivity contribution in [3.8, 4) is 0 Å². The smallest absolute Gasteiger partial charge is 0.302 e. The van der Waals surface area contributed by atoms with E-state index in [1.807, 2.05) is 36.4 Å². The van der Waals surface area contributed by atoms with Crippen LogP contribution in [-0.4, -0.2) is 17.6 Å². The molecular formula is C18H15NO2S. The molecule has 0 bridgehead atoms. The molecule has 0 fully saturated rings. The standard InChI is InChI=1S/C18H15NO2S/c1-2-21-18(22)17(20)19-14-9-10-16-13(11-14)8-7-12-5-3-4-6-15(12)16/h3-11H,2H2,1H3,(H,19,20). The number of amides is 1. The van der Waals surface area contributed by atoms with E-state index in [4.69, 9.17) is 17.0 Å². The maximum absolute atomic E-state index is 11.9. The number of carbonyl (C=O) groups is 1. The molecule has 0 radical (unpaired) electrons. The van der Waals surface area contributed by atoms with Gasteiger partial charge in [-0.25, -0.2) is 0 Å². The number of carbonyl (C=O) groups excluding carboxylic acids is 1. The van der Waals surface area contributed by atoms with Gasteiger partial charge in [-0.1, -0.05) is 42.5 Å². The average molecular weight is 309 g/mol. The van der Waals surface area contributed by atoms with E-state index in [2.05, 4.69) is 23.5 Å². The van der Waals surface area contributed by atoms with Gasteiger partial charge >= 0.3 is 5.91 Å². The lowest BCUT2D eigenvalue weighted by Crippen LogP contribution is -2.23. The Kier molecular flexibility index (Phi) is 4.02. The van der Waals surface area contributed by atoms with Crippen molar-refractivity contribution in [3.05, 3.63) is 54.6 Å². The Hall–Kier alpha value is -2.46. The van der Waals surface area contributed by atoms with Crippen molar-refractivity contribution in [1.29, 1.82) is 0 Å². The van der Waals surface area contributed by atoms with Crippen LogP contribution in [0.25, 0.3) is 21.5 Å². The molecule has 0 aliphatic heterocycles. The van der Waals surface area contributed by atoms with Crippen molar-refractivity contribution in [1.82, 2.24) is 0 Å². The van der Waals surface area contributed by atoms with Gasteiger partial charge in [-0.05, 0) is 52.8 Å². The fourth-order valence-electron chi connectivity index (χ4n) is 2.47. The molecule has 0 aliphatic carbocycles. The number of benzene rings is 3. The predicted octanol–water partition coefficient (Wildman–Crippen LogP) is 4.30. The molecule has 3 nitrogen and oxygen atoms in total. The second-order valence-corrected chi connectivity index (χ2v) is 5.27. The number of thiocarbonyl (C=S) groups is 1. The second-order valence-electron chi connectivity index (χ2n) is 4.90. The normalized spacial score (nSPS) is 10.6. The van der Waals surface area contributed by atoms with Crippen molar-refractivity contribution >= 4 is 50.4 Å². The van der Waals surface area contributed by atoms with Crippen LogP contribution in [0.5, 0.6) is 0 Å². The third-order valence-electron chi connectivity index (χ3n) is 3.46. The zero-order valence-electron chi connectivity index (χ0n) is 12.1. The summed E-state index contributed by atoms with van der Waals surface area (Å²) in [4.78, 5) is 11.9. The van der Waals surface area contributed by atoms with E-state index in [1.165, 1.54) is 10.8 Å². The molecule has 3 rings (SSSR count). The highest BCUT2D eigenvalue weighted by molar-refractivity contribution is 7.81. The van der Waals surface area contributed by atoms with Gasteiger partial charge in [0.25, 0.3) is 5.05 Å². The summed E-state index contributed by atoms with van der Waals surface area (Å²) in [5.74, 6) is -0.392. The van der Waals surface area contributed by atoms with E-state index < -0.39 is 5.91 Å². The number of nitrogens with one attached hydrogen (secondary N) is 1. The first-order chi connectivity index (χ1) is 10.7. The maximum Gasteiger partial charge on any atom is 0.302 e. The van der Waals surface area contributed by atoms with Gasteiger partial charge in [-0.2, -0.15) is 0 Å². The van der Waals surface area contributed by atoms with Gasteiger partial charge in [0, 0.05) is 5.69 Å². The van der Waals surface area contributed by atoms with Gasteiger partial charge in [-0.3, -0.25) is 4.79 Å². The van der Waals surface area contributed by atoms with Crippen molar-refractivity contribution in [2.75, 3.05) is 11.9 Å². The molecule has 0 unspecified atom stereocenters. The SMILES string of the molecule is CCOC(=S)C(=O)Nc1ccc2c(ccc3ccccc32)c1. The lowest BCUT2D eigenvalue weighted by atomic mass is 10.0. The van der Waals surface area contributed by atoms with Crippen LogP contribution in [0.2, 0.25) is 0 Å². The van der Waals surface area contributed by atoms with Crippen LogP contribution in [-0.2, 0) is 9.53 Å². The zero-order chi connectivity index (χ0) is 15.5. The molecule has 1 N–H and O–H groups in total. The summed E-state index contributed by atoms with van der Waals surface area (Å²) in [6.07, 6.45) is 0. The highest BCUT2D eigenvalue weighted by Gasteiger charge is 2.10. The van der Waals surface area contributed by atoms with Crippen LogP contribution in [0.3, 0.4) is 0 Å². The molecule has 110 valence electrons. The molecule has 0 aromatic heterocycles. The van der Waals surface area contributed by atoms with Crippen LogP contribution < -0.4 is 5.32 Å². The van der Waals surface area contributed by atoms with E-state index in [1.54, 1.807) is 6.92 Å². The van der Waals surface area contributed by atoms with Crippen LogP contribution in [0.1, 0.15) is 6.92 Å². The molecule has 0 heterocycles. The third kappa shape index (κ3) is 2.78. The van der Waals surface area contributed by atoms with Gasteiger partial charge in [0.2, 0.25) is 0 Å². The summed E-state index contributed by atoms with van der Waals surface area (Å²) >= 11 is 4.90. The predicted molar refractivity (Wildman–Crippen MR) is 94.3 cm³/mol. The number of anilines is 1. The molecule has 0 saturated carbocycles. The minimum atomic E-state index is -0.392. The number of hydrogen-bond acceptors (Lipinski definition) is 3. The average Bonchev–Trinajstić information content (AvgIpc) is 2.54. The Morgan fingerprint density at radius 1 is 1.05 bits per heavy atom. The van der Waals surface area contributed by atoms with Crippen LogP contribution in [0.15, 0.2) is 54.6 Å². The largest absolute Gasteiger partial charge is 0.480 e. The first-order valence-electron chi connectivity index (χ1n) is 7.08. The molecule has 0 spiro atoms. The van der Waals surface area contributed by atoms with Crippen molar-refractivity contribution in [3.63, 3.8) is 0 Å². The second kappa shape index (κ2) is 6.12. The van der Waals surface area contributed by atoms with Gasteiger partial charge in [0.1, 0.15) is 0 Å². The van der Waals surface area contributed by atoms with E-state index >= 15 is 0 Å². The Bertz CT molecular complexity index is 873. The lowest BCUT2D eigenvalue weighted by Gasteiger charge is -2.09. The lowest BCUT2D eigenvalue weighted by molar-refractivity contribution is -0.111. The van der Waals surface area contributed by atoms with Gasteiger partial charge in [0.15, 0.2) is 0 Å². The van der Waals surface area contributed by atoms with E-state index in [0.717, 1.165) is 10.8 Å². The Balaban J connectivity index is 1.95. The summed E-state index contributed by atoms with van der Waals surface area (Å²) in [5, 5.41) is 7.34. The highest BCUT2D eigenvalue weighted by Crippen LogP contribution is 2.27. The third-order valence-corrected chi connectivity index (χ3v) is 3.77. The Labute approximate surface area is 133 Å². The van der Waals surface area contributed by atoms with E-state index in [9.17, 15) is 4.79 Å². The topological polar surface area (TPSA) is 38.3 Å². The minimum absolute atomic E-state index is 0.0406. The Morgan fingerprint density at radius 2 is 1.77 bits per heavy atom. The molecule has 0 atom stereocenters.